The van der Waals surface area contributed by atoms with Crippen LogP contribution in [0.2, 0.25) is 0 Å². The molecule has 22 heavy (non-hydrogen) atoms. The Hall–Kier alpha value is -2.46. The predicted octanol–water partition coefficient (Wildman–Crippen LogP) is 4.59. The molecule has 0 unspecified atom stereocenters. The molecule has 0 saturated carbocycles. The molecule has 0 bridgehead atoms. The summed E-state index contributed by atoms with van der Waals surface area (Å²) in [6.45, 7) is -2.78. The normalized spacial score (nSPS) is 11.0. The van der Waals surface area contributed by atoms with Crippen LogP contribution >= 0.6 is 11.8 Å². The van der Waals surface area contributed by atoms with Crippen LogP contribution in [0.15, 0.2) is 52.5 Å². The molecule has 0 N–H and O–H groups in total. The van der Waals surface area contributed by atoms with Gasteiger partial charge in [-0.25, -0.2) is 9.37 Å². The van der Waals surface area contributed by atoms with E-state index in [9.17, 15) is 13.2 Å². The molecular weight excluding hydrogens is 311 g/mol. The third-order valence-electron chi connectivity index (χ3n) is 3.05. The van der Waals surface area contributed by atoms with Crippen molar-refractivity contribution in [2.24, 2.45) is 0 Å². The van der Waals surface area contributed by atoms with Gasteiger partial charge < -0.3 is 0 Å². The first kappa shape index (κ1) is 14.5. The van der Waals surface area contributed by atoms with E-state index in [4.69, 9.17) is 5.26 Å². The van der Waals surface area contributed by atoms with E-state index in [1.807, 2.05) is 0 Å². The number of hydrogen-bond acceptors (Lipinski definition) is 3. The lowest BCUT2D eigenvalue weighted by Gasteiger charge is -2.08. The van der Waals surface area contributed by atoms with Crippen molar-refractivity contribution < 1.29 is 13.2 Å². The lowest BCUT2D eigenvalue weighted by Crippen LogP contribution is -2.00. The molecule has 0 aliphatic rings. The second-order valence-corrected chi connectivity index (χ2v) is 5.37. The van der Waals surface area contributed by atoms with Crippen LogP contribution in [-0.4, -0.2) is 9.55 Å². The summed E-state index contributed by atoms with van der Waals surface area (Å²) in [6.07, 6.45) is 0. The van der Waals surface area contributed by atoms with Gasteiger partial charge in [0.05, 0.1) is 11.0 Å². The molecule has 110 valence electrons. The molecule has 2 aromatic carbocycles. The number of para-hydroxylation sites is 2. The fourth-order valence-electron chi connectivity index (χ4n) is 2.08. The molecule has 1 aromatic heterocycles. The number of benzene rings is 2. The Morgan fingerprint density at radius 1 is 1.14 bits per heavy atom. The zero-order valence-corrected chi connectivity index (χ0v) is 11.8. The van der Waals surface area contributed by atoms with Crippen molar-refractivity contribution in [2.75, 3.05) is 0 Å². The zero-order valence-electron chi connectivity index (χ0n) is 11.0. The molecule has 7 heteroatoms. The maximum Gasteiger partial charge on any atom is 0.321 e. The molecule has 0 spiro atoms. The topological polar surface area (TPSA) is 41.6 Å². The van der Waals surface area contributed by atoms with E-state index in [1.54, 1.807) is 24.3 Å². The number of aromatic nitrogens is 2. The van der Waals surface area contributed by atoms with Gasteiger partial charge in [0, 0.05) is 4.90 Å². The van der Waals surface area contributed by atoms with Crippen LogP contribution in [0.25, 0.3) is 11.0 Å². The van der Waals surface area contributed by atoms with Crippen molar-refractivity contribution in [3.63, 3.8) is 0 Å². The summed E-state index contributed by atoms with van der Waals surface area (Å²) in [5.74, 6) is -0.688. The first-order valence-corrected chi connectivity index (χ1v) is 7.05. The van der Waals surface area contributed by atoms with Crippen molar-refractivity contribution >= 4 is 22.8 Å². The highest BCUT2D eigenvalue weighted by Gasteiger charge is 2.20. The molecule has 0 fully saturated rings. The molecule has 3 rings (SSSR count). The standard InChI is InChI=1S/C15H8F3N3S/c16-10-4-3-7-13(9(10)8-19)22-15-20-11-5-1-2-6-12(11)21(15)14(17)18/h1-7,14H. The molecule has 0 atom stereocenters. The van der Waals surface area contributed by atoms with Crippen LogP contribution in [-0.2, 0) is 0 Å². The predicted molar refractivity (Wildman–Crippen MR) is 76.2 cm³/mol. The van der Waals surface area contributed by atoms with Gasteiger partial charge in [0.25, 0.3) is 0 Å². The van der Waals surface area contributed by atoms with Gasteiger partial charge in [0.2, 0.25) is 0 Å². The Balaban J connectivity index is 2.14. The number of imidazole rings is 1. The van der Waals surface area contributed by atoms with Crippen LogP contribution in [0, 0.1) is 17.1 Å². The maximum absolute atomic E-state index is 13.6. The monoisotopic (exact) mass is 319 g/mol. The van der Waals surface area contributed by atoms with Crippen LogP contribution in [0.3, 0.4) is 0 Å². The molecule has 0 amide bonds. The highest BCUT2D eigenvalue weighted by molar-refractivity contribution is 7.99. The van der Waals surface area contributed by atoms with Gasteiger partial charge in [-0.3, -0.25) is 4.57 Å². The minimum Gasteiger partial charge on any atom is -0.261 e. The van der Waals surface area contributed by atoms with Gasteiger partial charge in [-0.15, -0.1) is 0 Å². The second-order valence-electron chi connectivity index (χ2n) is 4.36. The zero-order chi connectivity index (χ0) is 15.7. The Labute approximate surface area is 128 Å². The molecule has 0 radical (unpaired) electrons. The fourth-order valence-corrected chi connectivity index (χ4v) is 3.09. The SMILES string of the molecule is N#Cc1c(F)cccc1Sc1nc2ccccc2n1C(F)F. The summed E-state index contributed by atoms with van der Waals surface area (Å²) in [6, 6.07) is 12.3. The van der Waals surface area contributed by atoms with Crippen LogP contribution < -0.4 is 0 Å². The highest BCUT2D eigenvalue weighted by Crippen LogP contribution is 2.35. The minimum atomic E-state index is -2.78. The smallest absolute Gasteiger partial charge is 0.261 e. The lowest BCUT2D eigenvalue weighted by molar-refractivity contribution is 0.0656. The van der Waals surface area contributed by atoms with Crippen LogP contribution in [0.1, 0.15) is 12.1 Å². The summed E-state index contributed by atoms with van der Waals surface area (Å²) < 4.78 is 41.0. The third-order valence-corrected chi connectivity index (χ3v) is 4.08. The summed E-state index contributed by atoms with van der Waals surface area (Å²) in [5, 5.41) is 9.03. The molecular formula is C15H8F3N3S. The van der Waals surface area contributed by atoms with E-state index < -0.39 is 12.4 Å². The Bertz CT molecular complexity index is 883. The van der Waals surface area contributed by atoms with Crippen LogP contribution in [0.5, 0.6) is 0 Å². The fraction of sp³-hybridized carbons (Fsp3) is 0.0667. The van der Waals surface area contributed by atoms with Crippen molar-refractivity contribution in [1.82, 2.24) is 9.55 Å². The Kier molecular flexibility index (Phi) is 3.77. The van der Waals surface area contributed by atoms with E-state index in [1.165, 1.54) is 18.2 Å². The summed E-state index contributed by atoms with van der Waals surface area (Å²) in [5.41, 5.74) is 0.524. The Morgan fingerprint density at radius 3 is 2.64 bits per heavy atom. The summed E-state index contributed by atoms with van der Waals surface area (Å²) in [7, 11) is 0. The van der Waals surface area contributed by atoms with Crippen molar-refractivity contribution in [1.29, 1.82) is 5.26 Å². The number of alkyl halides is 2. The quantitative estimate of drug-likeness (QED) is 0.709. The third kappa shape index (κ3) is 2.42. The number of nitriles is 1. The van der Waals surface area contributed by atoms with E-state index in [0.29, 0.717) is 5.52 Å². The number of nitrogens with zero attached hydrogens (tertiary/aromatic N) is 3. The minimum absolute atomic E-state index is 0.0123. The molecule has 0 saturated heterocycles. The van der Waals surface area contributed by atoms with Gasteiger partial charge in [-0.2, -0.15) is 14.0 Å². The molecule has 3 aromatic rings. The van der Waals surface area contributed by atoms with Gasteiger partial charge in [-0.1, -0.05) is 18.2 Å². The Morgan fingerprint density at radius 2 is 1.91 bits per heavy atom. The number of fused-ring (bicyclic) bond motifs is 1. The number of rotatable bonds is 3. The second kappa shape index (κ2) is 5.73. The summed E-state index contributed by atoms with van der Waals surface area (Å²) in [4.78, 5) is 4.40. The van der Waals surface area contributed by atoms with Gasteiger partial charge >= 0.3 is 6.55 Å². The molecule has 1 heterocycles. The first-order chi connectivity index (χ1) is 10.6. The highest BCUT2D eigenvalue weighted by atomic mass is 32.2. The van der Waals surface area contributed by atoms with Gasteiger partial charge in [0.15, 0.2) is 5.16 Å². The molecule has 0 aliphatic heterocycles. The van der Waals surface area contributed by atoms with Crippen molar-refractivity contribution in [2.45, 2.75) is 16.6 Å². The lowest BCUT2D eigenvalue weighted by atomic mass is 10.2. The van der Waals surface area contributed by atoms with E-state index in [-0.39, 0.29) is 21.1 Å². The van der Waals surface area contributed by atoms with E-state index in [2.05, 4.69) is 4.98 Å². The average Bonchev–Trinajstić information content (AvgIpc) is 2.85. The van der Waals surface area contributed by atoms with Crippen molar-refractivity contribution in [3.8, 4) is 6.07 Å². The largest absolute Gasteiger partial charge is 0.321 e. The maximum atomic E-state index is 13.6. The van der Waals surface area contributed by atoms with Crippen molar-refractivity contribution in [3.05, 3.63) is 53.8 Å². The first-order valence-electron chi connectivity index (χ1n) is 6.23. The summed E-state index contributed by atoms with van der Waals surface area (Å²) >= 11 is 0.843. The van der Waals surface area contributed by atoms with E-state index >= 15 is 0 Å². The van der Waals surface area contributed by atoms with Crippen LogP contribution in [0.4, 0.5) is 13.2 Å². The van der Waals surface area contributed by atoms with E-state index in [0.717, 1.165) is 22.4 Å². The van der Waals surface area contributed by atoms with Gasteiger partial charge in [0.1, 0.15) is 17.4 Å². The molecule has 3 nitrogen and oxygen atoms in total. The number of halogens is 3. The van der Waals surface area contributed by atoms with Gasteiger partial charge in [-0.05, 0) is 36.0 Å². The number of hydrogen-bond donors (Lipinski definition) is 0. The molecule has 0 aliphatic carbocycles. The average molecular weight is 319 g/mol.